The number of hydrogen-bond donors (Lipinski definition) is 1. The van der Waals surface area contributed by atoms with Crippen molar-refractivity contribution in [2.45, 2.75) is 18.5 Å². The largest absolute Gasteiger partial charge is 0.876 e. The maximum atomic E-state index is 13.5. The van der Waals surface area contributed by atoms with Crippen molar-refractivity contribution in [1.29, 1.82) is 0 Å². The van der Waals surface area contributed by atoms with Crippen LogP contribution in [-0.2, 0) is 14.3 Å². The summed E-state index contributed by atoms with van der Waals surface area (Å²) in [5.41, 5.74) is 6.49. The van der Waals surface area contributed by atoms with E-state index in [1.54, 1.807) is 24.4 Å². The number of methoxy groups -OCH3 is 1. The number of alkyl halides is 2. The smallest absolute Gasteiger partial charge is 0.337 e. The molecule has 2 N–H and O–H groups in total. The lowest BCUT2D eigenvalue weighted by Crippen LogP contribution is -2.41. The molecule has 1 aliphatic carbocycles. The van der Waals surface area contributed by atoms with Gasteiger partial charge in [-0.25, -0.2) is 13.4 Å². The summed E-state index contributed by atoms with van der Waals surface area (Å²) >= 11 is 1.09. The molecule has 0 aromatic rings. The third-order valence-corrected chi connectivity index (χ3v) is 6.22. The summed E-state index contributed by atoms with van der Waals surface area (Å²) in [7, 11) is 1.45. The summed E-state index contributed by atoms with van der Waals surface area (Å²) in [6, 6.07) is -1.96. The Morgan fingerprint density at radius 2 is 2.38 bits per heavy atom. The van der Waals surface area contributed by atoms with Crippen molar-refractivity contribution in [2.75, 3.05) is 32.6 Å². The van der Waals surface area contributed by atoms with E-state index in [0.717, 1.165) is 11.8 Å². The number of nitrogens with two attached hydrogens (primary N) is 1. The van der Waals surface area contributed by atoms with E-state index in [4.69, 9.17) is 15.2 Å². The zero-order chi connectivity index (χ0) is 22.8. The molecule has 12 heteroatoms. The number of carbonyl (C=O) groups is 1. The molecule has 1 saturated heterocycles. The lowest BCUT2D eigenvalue weighted by molar-refractivity contribution is -0.470. The Balaban J connectivity index is 1.69. The number of hydrogen-bond acceptors (Lipinski definition) is 8. The number of nitrogens with zero attached hydrogens (tertiary/aromatic N) is 4. The van der Waals surface area contributed by atoms with E-state index in [9.17, 15) is 18.7 Å². The minimum atomic E-state index is -2.62. The van der Waals surface area contributed by atoms with E-state index in [2.05, 4.69) is 9.98 Å². The van der Waals surface area contributed by atoms with E-state index >= 15 is 0 Å². The molecule has 0 saturated carbocycles. The molecular formula is C20H21F2N5O4S. The van der Waals surface area contributed by atoms with Gasteiger partial charge in [0.2, 0.25) is 5.91 Å². The highest BCUT2D eigenvalue weighted by molar-refractivity contribution is 8.03. The minimum Gasteiger partial charge on any atom is -0.876 e. The van der Waals surface area contributed by atoms with Crippen molar-refractivity contribution in [2.24, 2.45) is 15.7 Å². The van der Waals surface area contributed by atoms with Crippen LogP contribution in [0.4, 0.5) is 8.78 Å². The molecule has 9 nitrogen and oxygen atoms in total. The van der Waals surface area contributed by atoms with Gasteiger partial charge < -0.3 is 20.3 Å². The van der Waals surface area contributed by atoms with Crippen molar-refractivity contribution < 1.29 is 32.7 Å². The number of fused-ring (bicyclic) bond motifs is 2. The molecule has 2 atom stereocenters. The molecule has 0 aromatic carbocycles. The Labute approximate surface area is 187 Å². The zero-order valence-electron chi connectivity index (χ0n) is 17.1. The van der Waals surface area contributed by atoms with Crippen molar-refractivity contribution >= 4 is 35.4 Å². The normalized spacial score (nSPS) is 25.9. The minimum absolute atomic E-state index is 0.0513. The van der Waals surface area contributed by atoms with Gasteiger partial charge in [-0.3, -0.25) is 14.7 Å². The summed E-state index contributed by atoms with van der Waals surface area (Å²) in [5.74, 6) is 0.803. The van der Waals surface area contributed by atoms with Gasteiger partial charge in [0.1, 0.15) is 30.5 Å². The third kappa shape index (κ3) is 4.19. The van der Waals surface area contributed by atoms with E-state index < -0.39 is 24.4 Å². The average Bonchev–Trinajstić information content (AvgIpc) is 3.34. The van der Waals surface area contributed by atoms with E-state index in [1.165, 1.54) is 12.0 Å². The number of allylic oxidation sites excluding steroid dienone is 3. The number of thioether (sulfide) groups is 1. The summed E-state index contributed by atoms with van der Waals surface area (Å²) < 4.78 is 39.7. The Morgan fingerprint density at radius 1 is 1.56 bits per heavy atom. The van der Waals surface area contributed by atoms with Gasteiger partial charge in [0.05, 0.1) is 17.3 Å². The predicted octanol–water partition coefficient (Wildman–Crippen LogP) is -0.0397. The van der Waals surface area contributed by atoms with E-state index in [0.29, 0.717) is 42.3 Å². The Hall–Kier alpha value is -2.99. The molecule has 32 heavy (non-hydrogen) atoms. The summed E-state index contributed by atoms with van der Waals surface area (Å²) in [6.07, 6.45) is 4.71. The summed E-state index contributed by atoms with van der Waals surface area (Å²) in [6.45, 7) is 0.803. The van der Waals surface area contributed by atoms with Gasteiger partial charge in [0.15, 0.2) is 12.3 Å². The van der Waals surface area contributed by atoms with Crippen molar-refractivity contribution in [3.05, 3.63) is 46.7 Å². The molecule has 0 bridgehead atoms. The monoisotopic (exact) mass is 465 g/mol. The first kappa shape index (κ1) is 22.2. The molecule has 170 valence electrons. The van der Waals surface area contributed by atoms with Crippen LogP contribution >= 0.6 is 11.8 Å². The quantitative estimate of drug-likeness (QED) is 0.450. The van der Waals surface area contributed by atoms with Gasteiger partial charge in [-0.2, -0.15) is 0 Å². The number of amidine groups is 1. The van der Waals surface area contributed by atoms with E-state index in [-0.39, 0.29) is 23.2 Å². The standard InChI is InChI=1S/C20H21F2N5O4S/c1-30-9-13(19(23)29)24-11-2-3-12-15(6-11)31-5-4-26-7-16(25-20(12)26)27-14(18(21)22)10-32-17(27)8-28/h2-3,6-8,13-14,18H,4-5,9-10H2,1H3,(H2-,23,28,29)/t13-,14-/m0/s1. The maximum Gasteiger partial charge on any atom is 0.337 e. The van der Waals surface area contributed by atoms with Crippen LogP contribution in [-0.4, -0.2) is 84.3 Å². The van der Waals surface area contributed by atoms with Crippen LogP contribution in [0, 0.1) is 0 Å². The Morgan fingerprint density at radius 3 is 3.06 bits per heavy atom. The highest BCUT2D eigenvalue weighted by Gasteiger charge is 2.43. The van der Waals surface area contributed by atoms with Gasteiger partial charge >= 0.3 is 5.82 Å². The first-order valence-electron chi connectivity index (χ1n) is 9.78. The highest BCUT2D eigenvalue weighted by atomic mass is 32.2. The van der Waals surface area contributed by atoms with Crippen LogP contribution in [0.1, 0.15) is 0 Å². The molecule has 3 aliphatic heterocycles. The number of ether oxygens (including phenoxy) is 2. The molecular weight excluding hydrogens is 444 g/mol. The number of carbonyl (C=O) groups excluding carboxylic acids is 1. The van der Waals surface area contributed by atoms with Crippen LogP contribution in [0.5, 0.6) is 0 Å². The predicted molar refractivity (Wildman–Crippen MR) is 113 cm³/mol. The molecule has 4 rings (SSSR count). The fourth-order valence-corrected chi connectivity index (χ4v) is 4.68. The Bertz CT molecular complexity index is 1030. The number of aliphatic imine (C=N–C) groups is 2. The molecule has 0 aromatic heterocycles. The lowest BCUT2D eigenvalue weighted by Gasteiger charge is -2.22. The molecule has 0 radical (unpaired) electrons. The van der Waals surface area contributed by atoms with E-state index in [1.807, 2.05) is 4.58 Å². The maximum absolute atomic E-state index is 13.5. The topological polar surface area (TPSA) is 116 Å². The molecule has 0 spiro atoms. The number of halogens is 2. The SMILES string of the molecule is COC[C@H](N=C1C=CC2=C3N=C(N4C(=C[O-])SC[C@H]4C(F)F)C=[N+]3CCOC2=C1)C(N)=O. The number of amides is 1. The van der Waals surface area contributed by atoms with Gasteiger partial charge in [-0.1, -0.05) is 0 Å². The number of rotatable bonds is 5. The van der Waals surface area contributed by atoms with Crippen LogP contribution in [0.3, 0.4) is 0 Å². The fraction of sp³-hybridized carbons (Fsp3) is 0.400. The lowest BCUT2D eigenvalue weighted by atomic mass is 10.1. The highest BCUT2D eigenvalue weighted by Crippen LogP contribution is 2.36. The second-order valence-electron chi connectivity index (χ2n) is 7.19. The van der Waals surface area contributed by atoms with Crippen LogP contribution in [0.25, 0.3) is 0 Å². The first-order chi connectivity index (χ1) is 15.4. The van der Waals surface area contributed by atoms with Crippen LogP contribution in [0.2, 0.25) is 0 Å². The average molecular weight is 465 g/mol. The van der Waals surface area contributed by atoms with Crippen molar-refractivity contribution in [3.63, 3.8) is 0 Å². The van der Waals surface area contributed by atoms with Gasteiger partial charge in [-0.05, 0) is 17.1 Å². The fourth-order valence-electron chi connectivity index (χ4n) is 3.61. The molecule has 1 amide bonds. The molecule has 0 unspecified atom stereocenters. The van der Waals surface area contributed by atoms with Gasteiger partial charge in [0, 0.05) is 18.9 Å². The molecule has 4 aliphatic rings. The Kier molecular flexibility index (Phi) is 6.42. The first-order valence-corrected chi connectivity index (χ1v) is 10.8. The van der Waals surface area contributed by atoms with Gasteiger partial charge in [0.25, 0.3) is 12.3 Å². The van der Waals surface area contributed by atoms with Gasteiger partial charge in [-0.15, -0.1) is 18.0 Å². The summed E-state index contributed by atoms with van der Waals surface area (Å²) in [4.78, 5) is 21.8. The second kappa shape index (κ2) is 9.25. The zero-order valence-corrected chi connectivity index (χ0v) is 17.9. The van der Waals surface area contributed by atoms with Crippen molar-refractivity contribution in [3.8, 4) is 0 Å². The van der Waals surface area contributed by atoms with Crippen LogP contribution in [0.15, 0.2) is 56.7 Å². The third-order valence-electron chi connectivity index (χ3n) is 5.13. The second-order valence-corrected chi connectivity index (χ2v) is 8.23. The number of primary amides is 1. The molecule has 3 heterocycles. The molecule has 1 fully saturated rings. The summed E-state index contributed by atoms with van der Waals surface area (Å²) in [5, 5.41) is 11.6. The van der Waals surface area contributed by atoms with Crippen molar-refractivity contribution in [1.82, 2.24) is 4.90 Å². The van der Waals surface area contributed by atoms with Crippen LogP contribution < -0.4 is 10.8 Å².